The number of hydrogen-bond donors (Lipinski definition) is 1. The molecule has 1 aromatic heterocycles. The third-order valence-corrected chi connectivity index (χ3v) is 6.73. The number of amides is 1. The first kappa shape index (κ1) is 27.6. The molecule has 1 saturated heterocycles. The first-order chi connectivity index (χ1) is 18.8. The summed E-state index contributed by atoms with van der Waals surface area (Å²) >= 11 is 0. The van der Waals surface area contributed by atoms with Crippen molar-refractivity contribution in [3.05, 3.63) is 79.8 Å². The molecule has 1 fully saturated rings. The Morgan fingerprint density at radius 2 is 1.77 bits per heavy atom. The number of aromatic nitrogens is 2. The molecule has 1 aliphatic rings. The molecule has 0 radical (unpaired) electrons. The molecule has 1 amide bonds. The number of rotatable bonds is 10. The van der Waals surface area contributed by atoms with Gasteiger partial charge in [0, 0.05) is 56.8 Å². The van der Waals surface area contributed by atoms with Crippen molar-refractivity contribution in [1.29, 1.82) is 0 Å². The number of non-ortho nitro benzene ring substituents is 1. The van der Waals surface area contributed by atoms with Gasteiger partial charge in [0.2, 0.25) is 5.91 Å². The number of aliphatic imine (C=N–C) groups is 1. The molecule has 206 valence electrons. The van der Waals surface area contributed by atoms with E-state index in [2.05, 4.69) is 15.0 Å². The van der Waals surface area contributed by atoms with Gasteiger partial charge >= 0.3 is 0 Å². The van der Waals surface area contributed by atoms with Crippen molar-refractivity contribution in [2.24, 2.45) is 4.99 Å². The number of H-pyrrole nitrogens is 1. The minimum atomic E-state index is -0.484. The number of carbonyl (C=O) groups excluding carboxylic acids is 1. The van der Waals surface area contributed by atoms with Crippen LogP contribution in [0.5, 0.6) is 11.5 Å². The Morgan fingerprint density at radius 1 is 1.08 bits per heavy atom. The fourth-order valence-electron chi connectivity index (χ4n) is 4.47. The molecule has 0 spiro atoms. The summed E-state index contributed by atoms with van der Waals surface area (Å²) in [5.41, 5.74) is 2.17. The number of nitro groups is 1. The molecular formula is C27H32N6O6. The van der Waals surface area contributed by atoms with Crippen LogP contribution in [-0.2, 0) is 11.2 Å². The van der Waals surface area contributed by atoms with E-state index in [4.69, 9.17) is 9.47 Å². The predicted octanol–water partition coefficient (Wildman–Crippen LogP) is 2.21. The number of benzene rings is 2. The fourth-order valence-corrected chi connectivity index (χ4v) is 4.47. The van der Waals surface area contributed by atoms with Gasteiger partial charge in [0.25, 0.3) is 11.2 Å². The Kier molecular flexibility index (Phi) is 8.77. The van der Waals surface area contributed by atoms with Gasteiger partial charge in [0.15, 0.2) is 11.5 Å². The number of aromatic amines is 1. The average molecular weight is 537 g/mol. The highest BCUT2D eigenvalue weighted by molar-refractivity contribution is 5.81. The second kappa shape index (κ2) is 12.4. The minimum Gasteiger partial charge on any atom is -0.493 e. The third-order valence-electron chi connectivity index (χ3n) is 6.73. The Balaban J connectivity index is 1.26. The lowest BCUT2D eigenvalue weighted by molar-refractivity contribution is -0.384. The summed E-state index contributed by atoms with van der Waals surface area (Å²) in [7, 11) is 3.15. The van der Waals surface area contributed by atoms with Crippen LogP contribution in [0, 0.1) is 17.0 Å². The summed E-state index contributed by atoms with van der Waals surface area (Å²) in [5.74, 6) is 1.31. The lowest BCUT2D eigenvalue weighted by Gasteiger charge is -2.34. The highest BCUT2D eigenvalue weighted by atomic mass is 16.6. The summed E-state index contributed by atoms with van der Waals surface area (Å²) in [5, 5.41) is 13.9. The summed E-state index contributed by atoms with van der Waals surface area (Å²) in [4.78, 5) is 44.6. The third kappa shape index (κ3) is 6.52. The topological polar surface area (TPSA) is 135 Å². The van der Waals surface area contributed by atoms with Crippen LogP contribution in [0.15, 0.2) is 52.3 Å². The molecule has 0 unspecified atom stereocenters. The molecule has 12 nitrogen and oxygen atoms in total. The number of carbonyl (C=O) groups is 1. The molecule has 0 aliphatic carbocycles. The van der Waals surface area contributed by atoms with E-state index in [1.807, 2.05) is 17.0 Å². The van der Waals surface area contributed by atoms with Gasteiger partial charge in [-0.05, 0) is 36.8 Å². The van der Waals surface area contributed by atoms with Crippen LogP contribution in [0.4, 0.5) is 5.69 Å². The van der Waals surface area contributed by atoms with E-state index < -0.39 is 4.92 Å². The standard InChI is InChI=1S/C27H32N6O6/c1-19-23(27(35)32(29-19)21-5-7-22(8-6-21)33(36)37)18-28-10-11-30-12-14-31(15-13-30)26(34)17-20-4-9-24(38-2)25(16-20)39-3/h4-9,16,18,29H,10-15,17H2,1-3H3. The largest absolute Gasteiger partial charge is 0.493 e. The predicted molar refractivity (Wildman–Crippen MR) is 147 cm³/mol. The van der Waals surface area contributed by atoms with Gasteiger partial charge in [-0.15, -0.1) is 0 Å². The summed E-state index contributed by atoms with van der Waals surface area (Å²) in [6, 6.07) is 11.3. The number of ether oxygens (including phenoxy) is 2. The zero-order chi connectivity index (χ0) is 27.9. The molecule has 3 aromatic rings. The number of nitrogens with one attached hydrogen (secondary N) is 1. The van der Waals surface area contributed by atoms with Crippen molar-refractivity contribution in [2.75, 3.05) is 53.5 Å². The van der Waals surface area contributed by atoms with Gasteiger partial charge in [-0.25, -0.2) is 4.68 Å². The number of nitrogens with zero attached hydrogens (tertiary/aromatic N) is 5. The highest BCUT2D eigenvalue weighted by Gasteiger charge is 2.21. The second-order valence-corrected chi connectivity index (χ2v) is 9.19. The van der Waals surface area contributed by atoms with Crippen molar-refractivity contribution in [1.82, 2.24) is 19.6 Å². The maximum atomic E-state index is 12.8. The van der Waals surface area contributed by atoms with E-state index in [1.165, 1.54) is 28.9 Å². The maximum Gasteiger partial charge on any atom is 0.280 e. The smallest absolute Gasteiger partial charge is 0.280 e. The molecule has 39 heavy (non-hydrogen) atoms. The van der Waals surface area contributed by atoms with Gasteiger partial charge in [-0.1, -0.05) is 6.07 Å². The second-order valence-electron chi connectivity index (χ2n) is 9.19. The van der Waals surface area contributed by atoms with Crippen LogP contribution in [0.2, 0.25) is 0 Å². The Labute approximate surface area is 225 Å². The minimum absolute atomic E-state index is 0.0417. The first-order valence-electron chi connectivity index (χ1n) is 12.6. The van der Waals surface area contributed by atoms with Crippen molar-refractivity contribution in [2.45, 2.75) is 13.3 Å². The number of aryl methyl sites for hydroxylation is 1. The highest BCUT2D eigenvalue weighted by Crippen LogP contribution is 2.28. The molecule has 2 aromatic carbocycles. The molecule has 12 heteroatoms. The number of methoxy groups -OCH3 is 2. The monoisotopic (exact) mass is 536 g/mol. The van der Waals surface area contributed by atoms with Crippen molar-refractivity contribution < 1.29 is 19.2 Å². The normalized spacial score (nSPS) is 14.1. The molecule has 1 N–H and O–H groups in total. The van der Waals surface area contributed by atoms with Crippen LogP contribution >= 0.6 is 0 Å². The zero-order valence-corrected chi connectivity index (χ0v) is 22.3. The summed E-state index contributed by atoms with van der Waals surface area (Å²) in [6.45, 7) is 5.81. The van der Waals surface area contributed by atoms with E-state index >= 15 is 0 Å². The van der Waals surface area contributed by atoms with E-state index in [9.17, 15) is 19.7 Å². The van der Waals surface area contributed by atoms with Crippen molar-refractivity contribution in [3.63, 3.8) is 0 Å². The summed E-state index contributed by atoms with van der Waals surface area (Å²) in [6.07, 6.45) is 1.87. The molecule has 0 atom stereocenters. The molecule has 4 rings (SSSR count). The van der Waals surface area contributed by atoms with Crippen LogP contribution < -0.4 is 15.0 Å². The summed E-state index contributed by atoms with van der Waals surface area (Å²) < 4.78 is 11.9. The van der Waals surface area contributed by atoms with Gasteiger partial charge in [-0.2, -0.15) is 0 Å². The van der Waals surface area contributed by atoms with E-state index in [0.717, 1.165) is 18.7 Å². The van der Waals surface area contributed by atoms with Gasteiger partial charge in [0.1, 0.15) is 0 Å². The quantitative estimate of drug-likeness (QED) is 0.238. The Morgan fingerprint density at radius 3 is 2.41 bits per heavy atom. The number of nitro benzene ring substituents is 1. The zero-order valence-electron chi connectivity index (χ0n) is 22.3. The SMILES string of the molecule is COc1ccc(CC(=O)N2CCN(CCN=Cc3c(C)[nH]n(-c4ccc([N+](=O)[O-])cc4)c3=O)CC2)cc1OC. The van der Waals surface area contributed by atoms with Gasteiger partial charge in [-0.3, -0.25) is 34.7 Å². The Bertz CT molecular complexity index is 1400. The fraction of sp³-hybridized carbons (Fsp3) is 0.370. The number of piperazine rings is 1. The van der Waals surface area contributed by atoms with E-state index in [1.54, 1.807) is 33.4 Å². The lowest BCUT2D eigenvalue weighted by Crippen LogP contribution is -2.49. The average Bonchev–Trinajstić information content (AvgIpc) is 3.23. The molecule has 0 bridgehead atoms. The van der Waals surface area contributed by atoms with Gasteiger partial charge < -0.3 is 14.4 Å². The van der Waals surface area contributed by atoms with Crippen LogP contribution in [0.1, 0.15) is 16.8 Å². The van der Waals surface area contributed by atoms with Crippen LogP contribution in [0.3, 0.4) is 0 Å². The number of hydrogen-bond acceptors (Lipinski definition) is 8. The van der Waals surface area contributed by atoms with Crippen LogP contribution in [-0.4, -0.2) is 90.1 Å². The Hall–Kier alpha value is -4.45. The van der Waals surface area contributed by atoms with E-state index in [-0.39, 0.29) is 17.2 Å². The van der Waals surface area contributed by atoms with Crippen LogP contribution in [0.25, 0.3) is 5.69 Å². The van der Waals surface area contributed by atoms with Gasteiger partial charge in [0.05, 0.1) is 43.4 Å². The van der Waals surface area contributed by atoms with Crippen molar-refractivity contribution >= 4 is 17.8 Å². The maximum absolute atomic E-state index is 12.8. The van der Waals surface area contributed by atoms with E-state index in [0.29, 0.717) is 61.0 Å². The molecule has 1 aliphatic heterocycles. The van der Waals surface area contributed by atoms with Crippen molar-refractivity contribution in [3.8, 4) is 17.2 Å². The lowest BCUT2D eigenvalue weighted by atomic mass is 10.1. The molecule has 2 heterocycles. The first-order valence-corrected chi connectivity index (χ1v) is 12.6. The molecular weight excluding hydrogens is 504 g/mol. The molecule has 0 saturated carbocycles.